The van der Waals surface area contributed by atoms with E-state index in [-0.39, 0.29) is 13.1 Å². The Morgan fingerprint density at radius 2 is 1.80 bits per heavy atom. The van der Waals surface area contributed by atoms with Gasteiger partial charge in [-0.25, -0.2) is 0 Å². The van der Waals surface area contributed by atoms with Crippen molar-refractivity contribution in [2.75, 3.05) is 13.1 Å². The van der Waals surface area contributed by atoms with Crippen molar-refractivity contribution in [1.29, 1.82) is 0 Å². The fourth-order valence-corrected chi connectivity index (χ4v) is 2.07. The smallest absolute Gasteiger partial charge is 0.317 e. The molecule has 6 heteroatoms. The molecule has 1 heterocycles. The highest BCUT2D eigenvalue weighted by Gasteiger charge is 2.23. The van der Waals surface area contributed by atoms with Gasteiger partial charge in [-0.2, -0.15) is 0 Å². The van der Waals surface area contributed by atoms with Crippen molar-refractivity contribution in [3.05, 3.63) is 36.1 Å². The summed E-state index contributed by atoms with van der Waals surface area (Å²) in [5.41, 5.74) is 0.694. The number of furan rings is 1. The lowest BCUT2D eigenvalue weighted by Gasteiger charge is -2.23. The molecule has 6 nitrogen and oxygen atoms in total. The first-order valence-corrected chi connectivity index (χ1v) is 6.13. The number of benzene rings is 1. The lowest BCUT2D eigenvalue weighted by Crippen LogP contribution is -2.36. The van der Waals surface area contributed by atoms with E-state index >= 15 is 0 Å². The van der Waals surface area contributed by atoms with Gasteiger partial charge >= 0.3 is 11.9 Å². The molecule has 0 aliphatic carbocycles. The quantitative estimate of drug-likeness (QED) is 0.838. The second-order valence-corrected chi connectivity index (χ2v) is 4.56. The summed E-state index contributed by atoms with van der Waals surface area (Å²) in [6.07, 6.45) is 0. The van der Waals surface area contributed by atoms with Gasteiger partial charge in [-0.05, 0) is 19.1 Å². The van der Waals surface area contributed by atoms with Crippen molar-refractivity contribution < 1.29 is 24.2 Å². The molecule has 2 N–H and O–H groups in total. The van der Waals surface area contributed by atoms with Crippen molar-refractivity contribution in [2.45, 2.75) is 13.0 Å². The van der Waals surface area contributed by atoms with E-state index in [1.165, 1.54) is 4.90 Å². The Morgan fingerprint density at radius 1 is 1.20 bits per heavy atom. The topological polar surface area (TPSA) is 91.0 Å². The lowest BCUT2D eigenvalue weighted by atomic mass is 10.2. The summed E-state index contributed by atoms with van der Waals surface area (Å²) in [7, 11) is 0. The summed E-state index contributed by atoms with van der Waals surface area (Å²) in [4.78, 5) is 23.0. The van der Waals surface area contributed by atoms with Crippen LogP contribution in [0.3, 0.4) is 0 Å². The van der Waals surface area contributed by atoms with Crippen LogP contribution in [0.25, 0.3) is 11.0 Å². The number of carboxylic acid groups (broad SMARTS) is 2. The molecule has 0 saturated carbocycles. The molecule has 2 aromatic rings. The monoisotopic (exact) mass is 277 g/mol. The zero-order chi connectivity index (χ0) is 14.7. The maximum atomic E-state index is 10.8. The molecule has 106 valence electrons. The Morgan fingerprint density at radius 3 is 2.35 bits per heavy atom. The molecule has 0 aliphatic heterocycles. The number of carbonyl (C=O) groups is 2. The zero-order valence-electron chi connectivity index (χ0n) is 10.9. The number of nitrogens with zero attached hydrogens (tertiary/aromatic N) is 1. The average molecular weight is 277 g/mol. The minimum Gasteiger partial charge on any atom is -0.480 e. The maximum Gasteiger partial charge on any atom is 0.317 e. The van der Waals surface area contributed by atoms with Gasteiger partial charge in [-0.15, -0.1) is 0 Å². The van der Waals surface area contributed by atoms with Gasteiger partial charge in [0.05, 0.1) is 19.1 Å². The van der Waals surface area contributed by atoms with Crippen LogP contribution in [0.2, 0.25) is 0 Å². The third-order valence-corrected chi connectivity index (χ3v) is 3.08. The molecule has 0 spiro atoms. The van der Waals surface area contributed by atoms with E-state index in [9.17, 15) is 9.59 Å². The van der Waals surface area contributed by atoms with Gasteiger partial charge in [0.2, 0.25) is 0 Å². The van der Waals surface area contributed by atoms with E-state index in [0.717, 1.165) is 5.39 Å². The normalized spacial score (nSPS) is 12.7. The van der Waals surface area contributed by atoms with E-state index < -0.39 is 18.0 Å². The Bertz CT molecular complexity index is 584. The van der Waals surface area contributed by atoms with Crippen LogP contribution in [0.4, 0.5) is 0 Å². The minimum atomic E-state index is -1.07. The molecule has 2 rings (SSSR count). The van der Waals surface area contributed by atoms with Gasteiger partial charge in [-0.3, -0.25) is 14.5 Å². The Labute approximate surface area is 115 Å². The first-order chi connectivity index (χ1) is 9.47. The van der Waals surface area contributed by atoms with Gasteiger partial charge in [0.15, 0.2) is 0 Å². The highest BCUT2D eigenvalue weighted by molar-refractivity contribution is 5.78. The van der Waals surface area contributed by atoms with Crippen LogP contribution < -0.4 is 0 Å². The van der Waals surface area contributed by atoms with E-state index in [1.807, 2.05) is 24.3 Å². The molecule has 0 amide bonds. The van der Waals surface area contributed by atoms with Gasteiger partial charge in [-0.1, -0.05) is 18.2 Å². The predicted octanol–water partition coefficient (Wildman–Crippen LogP) is 1.96. The van der Waals surface area contributed by atoms with Gasteiger partial charge in [0.25, 0.3) is 0 Å². The van der Waals surface area contributed by atoms with Crippen molar-refractivity contribution >= 4 is 22.9 Å². The molecule has 0 aliphatic rings. The fourth-order valence-electron chi connectivity index (χ4n) is 2.07. The predicted molar refractivity (Wildman–Crippen MR) is 71.5 cm³/mol. The largest absolute Gasteiger partial charge is 0.480 e. The first kappa shape index (κ1) is 14.1. The van der Waals surface area contributed by atoms with Crippen molar-refractivity contribution in [3.63, 3.8) is 0 Å². The number of carboxylic acids is 2. The third-order valence-electron chi connectivity index (χ3n) is 3.08. The van der Waals surface area contributed by atoms with E-state index in [4.69, 9.17) is 14.6 Å². The highest BCUT2D eigenvalue weighted by Crippen LogP contribution is 2.27. The number of para-hydroxylation sites is 1. The minimum absolute atomic E-state index is 0.357. The van der Waals surface area contributed by atoms with E-state index in [1.54, 1.807) is 13.0 Å². The van der Waals surface area contributed by atoms with E-state index in [0.29, 0.717) is 11.3 Å². The lowest BCUT2D eigenvalue weighted by molar-refractivity contribution is -0.142. The molecule has 1 aromatic carbocycles. The van der Waals surface area contributed by atoms with Crippen LogP contribution in [0.15, 0.2) is 34.7 Å². The highest BCUT2D eigenvalue weighted by atomic mass is 16.4. The molecule has 1 unspecified atom stereocenters. The molecule has 0 bridgehead atoms. The molecule has 1 aromatic heterocycles. The summed E-state index contributed by atoms with van der Waals surface area (Å²) in [6, 6.07) is 8.77. The van der Waals surface area contributed by atoms with Crippen molar-refractivity contribution in [2.24, 2.45) is 0 Å². The average Bonchev–Trinajstić information content (AvgIpc) is 2.79. The van der Waals surface area contributed by atoms with Crippen LogP contribution in [0, 0.1) is 0 Å². The number of aliphatic carboxylic acids is 2. The third kappa shape index (κ3) is 3.16. The summed E-state index contributed by atoms with van der Waals surface area (Å²) in [6.45, 7) is 1.01. The molecular weight excluding hydrogens is 262 g/mol. The summed E-state index contributed by atoms with van der Waals surface area (Å²) < 4.78 is 5.65. The second kappa shape index (κ2) is 5.75. The van der Waals surface area contributed by atoms with Crippen molar-refractivity contribution in [1.82, 2.24) is 4.90 Å². The fraction of sp³-hybridized carbons (Fsp3) is 0.286. The summed E-state index contributed by atoms with van der Waals surface area (Å²) in [5.74, 6) is -1.60. The SMILES string of the molecule is CC(c1cc2ccccc2o1)N(CC(=O)O)CC(=O)O. The van der Waals surface area contributed by atoms with Crippen LogP contribution in [-0.4, -0.2) is 40.1 Å². The van der Waals surface area contributed by atoms with Gasteiger partial charge < -0.3 is 14.6 Å². The Hall–Kier alpha value is -2.34. The zero-order valence-corrected chi connectivity index (χ0v) is 10.9. The van der Waals surface area contributed by atoms with Crippen molar-refractivity contribution in [3.8, 4) is 0 Å². The molecule has 0 fully saturated rings. The molecule has 0 saturated heterocycles. The van der Waals surface area contributed by atoms with Gasteiger partial charge in [0.1, 0.15) is 11.3 Å². The van der Waals surface area contributed by atoms with Crippen LogP contribution in [-0.2, 0) is 9.59 Å². The second-order valence-electron chi connectivity index (χ2n) is 4.56. The van der Waals surface area contributed by atoms with Crippen LogP contribution >= 0.6 is 0 Å². The van der Waals surface area contributed by atoms with Crippen LogP contribution in [0.1, 0.15) is 18.7 Å². The van der Waals surface area contributed by atoms with Crippen LogP contribution in [0.5, 0.6) is 0 Å². The molecule has 0 radical (unpaired) electrons. The maximum absolute atomic E-state index is 10.8. The standard InChI is InChI=1S/C14H15NO5/c1-9(15(7-13(16)17)8-14(18)19)12-6-10-4-2-3-5-11(10)20-12/h2-6,9H,7-8H2,1H3,(H,16,17)(H,18,19). The molecular formula is C14H15NO5. The van der Waals surface area contributed by atoms with E-state index in [2.05, 4.69) is 0 Å². The number of hydrogen-bond donors (Lipinski definition) is 2. The number of hydrogen-bond acceptors (Lipinski definition) is 4. The first-order valence-electron chi connectivity index (χ1n) is 6.13. The Kier molecular flexibility index (Phi) is 4.05. The summed E-state index contributed by atoms with van der Waals surface area (Å²) >= 11 is 0. The number of rotatable bonds is 6. The van der Waals surface area contributed by atoms with Gasteiger partial charge in [0, 0.05) is 5.39 Å². The number of fused-ring (bicyclic) bond motifs is 1. The molecule has 20 heavy (non-hydrogen) atoms. The molecule has 1 atom stereocenters. The summed E-state index contributed by atoms with van der Waals surface area (Å²) in [5, 5.41) is 18.6. The Balaban J connectivity index is 2.27.